The maximum Gasteiger partial charge on any atom is 0.407 e. The van der Waals surface area contributed by atoms with Crippen LogP contribution in [0.2, 0.25) is 0 Å². The van der Waals surface area contributed by atoms with E-state index >= 15 is 0 Å². The van der Waals surface area contributed by atoms with Gasteiger partial charge in [0.05, 0.1) is 12.6 Å². The highest BCUT2D eigenvalue weighted by molar-refractivity contribution is 6.38. The van der Waals surface area contributed by atoms with Crippen molar-refractivity contribution in [1.29, 1.82) is 0 Å². The van der Waals surface area contributed by atoms with Crippen molar-refractivity contribution in [2.45, 2.75) is 90.8 Å². The van der Waals surface area contributed by atoms with E-state index < -0.39 is 41.8 Å². The monoisotopic (exact) mass is 610 g/mol. The van der Waals surface area contributed by atoms with Gasteiger partial charge in [0.2, 0.25) is 17.6 Å². The van der Waals surface area contributed by atoms with E-state index in [0.29, 0.717) is 38.6 Å². The molecule has 4 amide bonds. The fourth-order valence-electron chi connectivity index (χ4n) is 5.33. The number of nitrogens with one attached hydrogen (secondary N) is 3. The average Bonchev–Trinajstić information content (AvgIpc) is 3.67. The fraction of sp³-hybridized carbons (Fsp3) is 0.559. The highest BCUT2D eigenvalue weighted by Crippen LogP contribution is 2.31. The number of benzene rings is 1. The van der Waals surface area contributed by atoms with E-state index in [1.165, 1.54) is 17.4 Å². The minimum atomic E-state index is -1.06. The number of nitrogens with zero attached hydrogens (tertiary/aromatic N) is 1. The second-order valence-corrected chi connectivity index (χ2v) is 11.7. The van der Waals surface area contributed by atoms with Crippen LogP contribution in [0.3, 0.4) is 0 Å². The molecule has 3 N–H and O–H groups in total. The first-order valence-electron chi connectivity index (χ1n) is 15.7. The quantitative estimate of drug-likeness (QED) is 0.216. The van der Waals surface area contributed by atoms with E-state index in [-0.39, 0.29) is 37.3 Å². The highest BCUT2D eigenvalue weighted by Gasteiger charge is 2.43. The Kier molecular flexibility index (Phi) is 15.4. The zero-order valence-electron chi connectivity index (χ0n) is 26.7. The first-order chi connectivity index (χ1) is 21.1. The van der Waals surface area contributed by atoms with Crippen LogP contribution in [0.1, 0.15) is 70.9 Å². The normalized spacial score (nSPS) is 16.9. The van der Waals surface area contributed by atoms with Crippen LogP contribution in [0, 0.1) is 11.8 Å². The summed E-state index contributed by atoms with van der Waals surface area (Å²) in [5.74, 6) is -2.53. The standard InChI is InChI=1S/C31H42N4O6.C3H8/c1-5-7-13-24(27(36)29(38)32-15-6-2)33-28(37)25-14-10-16-35(25)30(39)26(34-31(40)41-19-20(3)4)23-17-21-11-8-9-12-22(21)18-23;1-3-2/h5-6,8-9,11-12,20,23-26H,1-2,7,10,13-19H2,3-4H3,(H,32,38)(H,33,37)(H,34,40);3H2,1-2H3/t24?,25-,26-;/m0./s1. The number of rotatable bonds is 14. The smallest absolute Gasteiger partial charge is 0.407 e. The third kappa shape index (κ3) is 10.6. The predicted octanol–water partition coefficient (Wildman–Crippen LogP) is 3.88. The van der Waals surface area contributed by atoms with E-state index in [9.17, 15) is 24.0 Å². The van der Waals surface area contributed by atoms with Crippen LogP contribution in [0.4, 0.5) is 4.79 Å². The Bertz CT molecular complexity index is 1140. The van der Waals surface area contributed by atoms with Crippen molar-refractivity contribution in [3.8, 4) is 0 Å². The summed E-state index contributed by atoms with van der Waals surface area (Å²) in [7, 11) is 0. The molecule has 3 rings (SSSR count). The Morgan fingerprint density at radius 3 is 2.23 bits per heavy atom. The lowest BCUT2D eigenvalue weighted by molar-refractivity contribution is -0.143. The maximum absolute atomic E-state index is 14.0. The molecule has 3 atom stereocenters. The number of alkyl carbamates (subject to hydrolysis) is 1. The van der Waals surface area contributed by atoms with Crippen molar-refractivity contribution in [2.24, 2.45) is 11.8 Å². The molecule has 0 aromatic heterocycles. The van der Waals surface area contributed by atoms with Crippen LogP contribution >= 0.6 is 0 Å². The lowest BCUT2D eigenvalue weighted by atomic mass is 9.95. The zero-order chi connectivity index (χ0) is 32.6. The zero-order valence-corrected chi connectivity index (χ0v) is 26.7. The molecule has 1 unspecified atom stereocenters. The number of amides is 4. The lowest BCUT2D eigenvalue weighted by Gasteiger charge is -2.32. The van der Waals surface area contributed by atoms with Gasteiger partial charge in [-0.05, 0) is 61.5 Å². The molecule has 1 heterocycles. The van der Waals surface area contributed by atoms with Gasteiger partial charge in [-0.15, -0.1) is 13.2 Å². The molecule has 10 heteroatoms. The Balaban J connectivity index is 0.00000216. The minimum Gasteiger partial charge on any atom is -0.449 e. The molecule has 1 aliphatic heterocycles. The van der Waals surface area contributed by atoms with Gasteiger partial charge >= 0.3 is 6.09 Å². The molecule has 44 heavy (non-hydrogen) atoms. The first-order valence-corrected chi connectivity index (χ1v) is 15.7. The summed E-state index contributed by atoms with van der Waals surface area (Å²) >= 11 is 0. The summed E-state index contributed by atoms with van der Waals surface area (Å²) in [6.45, 7) is 16.0. The number of fused-ring (bicyclic) bond motifs is 1. The minimum absolute atomic E-state index is 0.122. The molecule has 1 fully saturated rings. The van der Waals surface area contributed by atoms with Gasteiger partial charge in [-0.25, -0.2) is 4.79 Å². The summed E-state index contributed by atoms with van der Waals surface area (Å²) in [6.07, 6.45) is 6.45. The summed E-state index contributed by atoms with van der Waals surface area (Å²) in [5, 5.41) is 7.95. The van der Waals surface area contributed by atoms with E-state index in [0.717, 1.165) is 11.1 Å². The number of hydrogen-bond acceptors (Lipinski definition) is 6. The van der Waals surface area contributed by atoms with Crippen LogP contribution in [-0.2, 0) is 36.8 Å². The molecule has 1 aromatic carbocycles. The van der Waals surface area contributed by atoms with Crippen molar-refractivity contribution >= 4 is 29.6 Å². The third-order valence-electron chi connectivity index (χ3n) is 7.40. The molecule has 0 spiro atoms. The van der Waals surface area contributed by atoms with Crippen molar-refractivity contribution < 1.29 is 28.7 Å². The second kappa shape index (κ2) is 18.7. The van der Waals surface area contributed by atoms with Crippen LogP contribution in [-0.4, -0.2) is 72.3 Å². The third-order valence-corrected chi connectivity index (χ3v) is 7.40. The number of Topliss-reactive ketones (excluding diaryl/α,β-unsaturated/α-hetero) is 1. The van der Waals surface area contributed by atoms with Crippen LogP contribution in [0.5, 0.6) is 0 Å². The van der Waals surface area contributed by atoms with Gasteiger partial charge in [0, 0.05) is 13.1 Å². The molecule has 1 aromatic rings. The van der Waals surface area contributed by atoms with Crippen molar-refractivity contribution in [3.63, 3.8) is 0 Å². The molecule has 0 saturated carbocycles. The number of carbonyl (C=O) groups excluding carboxylic acids is 5. The van der Waals surface area contributed by atoms with E-state index in [4.69, 9.17) is 4.74 Å². The predicted molar refractivity (Wildman–Crippen MR) is 171 cm³/mol. The Labute approximate surface area is 262 Å². The van der Waals surface area contributed by atoms with Gasteiger partial charge in [0.1, 0.15) is 12.1 Å². The van der Waals surface area contributed by atoms with Crippen molar-refractivity contribution in [2.75, 3.05) is 19.7 Å². The summed E-state index contributed by atoms with van der Waals surface area (Å²) < 4.78 is 5.33. The van der Waals surface area contributed by atoms with Gasteiger partial charge < -0.3 is 25.6 Å². The lowest BCUT2D eigenvalue weighted by Crippen LogP contribution is -2.58. The molecule has 0 radical (unpaired) electrons. The molecule has 242 valence electrons. The molecule has 0 bridgehead atoms. The summed E-state index contributed by atoms with van der Waals surface area (Å²) in [5.41, 5.74) is 2.25. The van der Waals surface area contributed by atoms with Gasteiger partial charge in [-0.3, -0.25) is 19.2 Å². The summed E-state index contributed by atoms with van der Waals surface area (Å²) in [4.78, 5) is 66.8. The average molecular weight is 611 g/mol. The largest absolute Gasteiger partial charge is 0.449 e. The van der Waals surface area contributed by atoms with Crippen LogP contribution in [0.15, 0.2) is 49.6 Å². The molecule has 10 nitrogen and oxygen atoms in total. The first kappa shape index (κ1) is 36.2. The molecular formula is C34H50N4O6. The van der Waals surface area contributed by atoms with Crippen molar-refractivity contribution in [1.82, 2.24) is 20.9 Å². The van der Waals surface area contributed by atoms with E-state index in [1.54, 1.807) is 6.08 Å². The molecule has 1 saturated heterocycles. The fourth-order valence-corrected chi connectivity index (χ4v) is 5.33. The molecule has 1 aliphatic carbocycles. The summed E-state index contributed by atoms with van der Waals surface area (Å²) in [6, 6.07) is 5.15. The van der Waals surface area contributed by atoms with Gasteiger partial charge in [-0.1, -0.05) is 70.5 Å². The Morgan fingerprint density at radius 2 is 1.66 bits per heavy atom. The topological polar surface area (TPSA) is 134 Å². The number of carbonyl (C=O) groups is 5. The SMILES string of the molecule is C=CCCC(NC(=O)[C@@H]1CCCN1C(=O)[C@@H](NC(=O)OCC(C)C)C1Cc2ccccc2C1)C(=O)C(=O)NCC=C.CCC. The Morgan fingerprint density at radius 1 is 1.02 bits per heavy atom. The van der Waals surface area contributed by atoms with Gasteiger partial charge in [0.15, 0.2) is 0 Å². The molecule has 2 aliphatic rings. The van der Waals surface area contributed by atoms with Crippen LogP contribution in [0.25, 0.3) is 0 Å². The number of likely N-dealkylation sites (tertiary alicyclic amines) is 1. The maximum atomic E-state index is 14.0. The highest BCUT2D eigenvalue weighted by atomic mass is 16.5. The second-order valence-electron chi connectivity index (χ2n) is 11.7. The van der Waals surface area contributed by atoms with E-state index in [1.807, 2.05) is 38.1 Å². The Hall–Kier alpha value is -3.95. The van der Waals surface area contributed by atoms with Gasteiger partial charge in [-0.2, -0.15) is 0 Å². The molecular weight excluding hydrogens is 560 g/mol. The number of allylic oxidation sites excluding steroid dienone is 1. The van der Waals surface area contributed by atoms with Crippen LogP contribution < -0.4 is 16.0 Å². The van der Waals surface area contributed by atoms with Gasteiger partial charge in [0.25, 0.3) is 5.91 Å². The number of hydrogen-bond donors (Lipinski definition) is 3. The number of ether oxygens (including phenoxy) is 1. The van der Waals surface area contributed by atoms with E-state index in [2.05, 4.69) is 43.0 Å². The number of ketones is 1. The van der Waals surface area contributed by atoms with Crippen molar-refractivity contribution in [3.05, 3.63) is 60.7 Å².